The van der Waals surface area contributed by atoms with Crippen LogP contribution in [0.15, 0.2) is 42.1 Å². The molecule has 1 aliphatic heterocycles. The Labute approximate surface area is 139 Å². The molecule has 0 bridgehead atoms. The maximum absolute atomic E-state index is 13.9. The SMILES string of the molecule is Oc1c2c(nn1-c1ncccc1F)CCN(CC1=CCCC=C1)C2. The number of allylic oxidation sites excluding steroid dienone is 2. The molecule has 24 heavy (non-hydrogen) atoms. The van der Waals surface area contributed by atoms with Crippen molar-refractivity contribution in [1.82, 2.24) is 19.7 Å². The van der Waals surface area contributed by atoms with E-state index in [1.807, 2.05) is 0 Å². The fraction of sp³-hybridized carbons (Fsp3) is 0.333. The van der Waals surface area contributed by atoms with Gasteiger partial charge >= 0.3 is 0 Å². The lowest BCUT2D eigenvalue weighted by molar-refractivity contribution is 0.271. The Bertz CT molecular complexity index is 824. The first-order chi connectivity index (χ1) is 11.7. The molecule has 0 saturated heterocycles. The molecule has 4 rings (SSSR count). The van der Waals surface area contributed by atoms with Gasteiger partial charge in [0.25, 0.3) is 0 Å². The Morgan fingerprint density at radius 2 is 2.21 bits per heavy atom. The highest BCUT2D eigenvalue weighted by molar-refractivity contribution is 5.39. The van der Waals surface area contributed by atoms with Gasteiger partial charge in [-0.25, -0.2) is 9.37 Å². The molecule has 0 saturated carbocycles. The number of rotatable bonds is 3. The van der Waals surface area contributed by atoms with E-state index in [-0.39, 0.29) is 11.7 Å². The Kier molecular flexibility index (Phi) is 3.90. The first-order valence-corrected chi connectivity index (χ1v) is 8.21. The van der Waals surface area contributed by atoms with Gasteiger partial charge in [0, 0.05) is 32.3 Å². The van der Waals surface area contributed by atoms with Crippen molar-refractivity contribution in [1.29, 1.82) is 0 Å². The van der Waals surface area contributed by atoms with E-state index in [2.05, 4.69) is 33.2 Å². The second kappa shape index (κ2) is 6.20. The summed E-state index contributed by atoms with van der Waals surface area (Å²) in [7, 11) is 0. The van der Waals surface area contributed by atoms with Crippen molar-refractivity contribution in [2.45, 2.75) is 25.8 Å². The van der Waals surface area contributed by atoms with Gasteiger partial charge in [-0.1, -0.05) is 18.2 Å². The van der Waals surface area contributed by atoms with Crippen molar-refractivity contribution >= 4 is 0 Å². The van der Waals surface area contributed by atoms with Gasteiger partial charge in [-0.15, -0.1) is 0 Å². The van der Waals surface area contributed by atoms with Crippen LogP contribution in [0.25, 0.3) is 5.82 Å². The predicted octanol–water partition coefficient (Wildman–Crippen LogP) is 2.75. The minimum absolute atomic E-state index is 0.0135. The van der Waals surface area contributed by atoms with Crippen LogP contribution in [0.3, 0.4) is 0 Å². The number of fused-ring (bicyclic) bond motifs is 1. The molecule has 124 valence electrons. The van der Waals surface area contributed by atoms with Crippen molar-refractivity contribution in [3.63, 3.8) is 0 Å². The smallest absolute Gasteiger partial charge is 0.220 e. The highest BCUT2D eigenvalue weighted by Gasteiger charge is 2.26. The Balaban J connectivity index is 1.59. The number of hydrogen-bond donors (Lipinski definition) is 1. The molecule has 1 N–H and O–H groups in total. The second-order valence-electron chi connectivity index (χ2n) is 6.19. The van der Waals surface area contributed by atoms with Gasteiger partial charge < -0.3 is 5.11 Å². The molecule has 2 aromatic heterocycles. The Morgan fingerprint density at radius 1 is 1.29 bits per heavy atom. The van der Waals surface area contributed by atoms with Gasteiger partial charge in [0.05, 0.1) is 11.3 Å². The summed E-state index contributed by atoms with van der Waals surface area (Å²) in [5, 5.41) is 14.9. The summed E-state index contributed by atoms with van der Waals surface area (Å²) >= 11 is 0. The third-order valence-corrected chi connectivity index (χ3v) is 4.50. The zero-order chi connectivity index (χ0) is 16.5. The standard InChI is InChI=1S/C18H19FN4O/c19-15-7-4-9-20-17(15)23-18(24)14-12-22(10-8-16(14)21-23)11-13-5-2-1-3-6-13/h2,4-7,9,24H,1,3,8,10-12H2. The Morgan fingerprint density at radius 3 is 3.00 bits per heavy atom. The van der Waals surface area contributed by atoms with E-state index in [1.54, 1.807) is 0 Å². The number of pyridine rings is 1. The largest absolute Gasteiger partial charge is 0.493 e. The maximum Gasteiger partial charge on any atom is 0.220 e. The van der Waals surface area contributed by atoms with E-state index in [9.17, 15) is 9.50 Å². The van der Waals surface area contributed by atoms with Crippen LogP contribution in [-0.4, -0.2) is 37.9 Å². The van der Waals surface area contributed by atoms with Crippen LogP contribution in [0.5, 0.6) is 5.88 Å². The molecule has 2 aromatic rings. The van der Waals surface area contributed by atoms with Crippen LogP contribution in [-0.2, 0) is 13.0 Å². The third-order valence-electron chi connectivity index (χ3n) is 4.50. The lowest BCUT2D eigenvalue weighted by Gasteiger charge is -2.26. The molecular weight excluding hydrogens is 307 g/mol. The predicted molar refractivity (Wildman–Crippen MR) is 88.4 cm³/mol. The summed E-state index contributed by atoms with van der Waals surface area (Å²) < 4.78 is 15.2. The van der Waals surface area contributed by atoms with Crippen molar-refractivity contribution in [2.75, 3.05) is 13.1 Å². The summed E-state index contributed by atoms with van der Waals surface area (Å²) in [5.74, 6) is -0.476. The highest BCUT2D eigenvalue weighted by atomic mass is 19.1. The molecule has 0 unspecified atom stereocenters. The number of halogens is 1. The fourth-order valence-electron chi connectivity index (χ4n) is 3.27. The molecule has 1 aliphatic carbocycles. The number of aromatic hydroxyl groups is 1. The van der Waals surface area contributed by atoms with Crippen LogP contribution in [0.4, 0.5) is 4.39 Å². The topological polar surface area (TPSA) is 54.2 Å². The average molecular weight is 326 g/mol. The van der Waals surface area contributed by atoms with Crippen LogP contribution >= 0.6 is 0 Å². The molecule has 3 heterocycles. The second-order valence-corrected chi connectivity index (χ2v) is 6.19. The van der Waals surface area contributed by atoms with Gasteiger partial charge in [-0.05, 0) is 30.5 Å². The quantitative estimate of drug-likeness (QED) is 0.942. The van der Waals surface area contributed by atoms with E-state index in [4.69, 9.17) is 0 Å². The van der Waals surface area contributed by atoms with E-state index < -0.39 is 5.82 Å². The molecule has 0 fully saturated rings. The van der Waals surface area contributed by atoms with Crippen molar-refractivity contribution < 1.29 is 9.50 Å². The van der Waals surface area contributed by atoms with E-state index in [0.717, 1.165) is 43.6 Å². The molecule has 0 radical (unpaired) electrons. The molecule has 0 amide bonds. The molecule has 2 aliphatic rings. The van der Waals surface area contributed by atoms with Crippen molar-refractivity contribution in [2.24, 2.45) is 0 Å². The fourth-order valence-corrected chi connectivity index (χ4v) is 3.27. The molecule has 0 aromatic carbocycles. The van der Waals surface area contributed by atoms with Crippen LogP contribution in [0.2, 0.25) is 0 Å². The number of nitrogens with zero attached hydrogens (tertiary/aromatic N) is 4. The van der Waals surface area contributed by atoms with Gasteiger partial charge in [0.1, 0.15) is 0 Å². The molecule has 0 spiro atoms. The summed E-state index contributed by atoms with van der Waals surface area (Å²) in [6.07, 6.45) is 11.1. The third kappa shape index (κ3) is 2.73. The maximum atomic E-state index is 13.9. The normalized spacial score (nSPS) is 17.6. The summed E-state index contributed by atoms with van der Waals surface area (Å²) in [6.45, 7) is 2.35. The Hall–Kier alpha value is -2.47. The van der Waals surface area contributed by atoms with E-state index in [1.165, 1.54) is 28.6 Å². The first-order valence-electron chi connectivity index (χ1n) is 8.21. The van der Waals surface area contributed by atoms with Gasteiger partial charge in [0.2, 0.25) is 5.88 Å². The first kappa shape index (κ1) is 15.1. The van der Waals surface area contributed by atoms with Gasteiger partial charge in [-0.3, -0.25) is 4.90 Å². The van der Waals surface area contributed by atoms with Crippen molar-refractivity contribution in [3.8, 4) is 11.7 Å². The lowest BCUT2D eigenvalue weighted by atomic mass is 10.0. The zero-order valence-electron chi connectivity index (χ0n) is 13.3. The molecule has 5 nitrogen and oxygen atoms in total. The van der Waals surface area contributed by atoms with Crippen LogP contribution < -0.4 is 0 Å². The highest BCUT2D eigenvalue weighted by Crippen LogP contribution is 2.30. The van der Waals surface area contributed by atoms with Gasteiger partial charge in [-0.2, -0.15) is 9.78 Å². The minimum Gasteiger partial charge on any atom is -0.493 e. The molecular formula is C18H19FN4O. The minimum atomic E-state index is -0.498. The monoisotopic (exact) mass is 326 g/mol. The molecule has 0 atom stereocenters. The van der Waals surface area contributed by atoms with Crippen molar-refractivity contribution in [3.05, 3.63) is 59.2 Å². The average Bonchev–Trinajstić information content (AvgIpc) is 2.93. The van der Waals surface area contributed by atoms with E-state index in [0.29, 0.717) is 6.54 Å². The molecule has 6 heteroatoms. The zero-order valence-corrected chi connectivity index (χ0v) is 13.3. The van der Waals surface area contributed by atoms with Crippen LogP contribution in [0, 0.1) is 5.82 Å². The number of aromatic nitrogens is 3. The summed E-state index contributed by atoms with van der Waals surface area (Å²) in [5.41, 5.74) is 2.90. The van der Waals surface area contributed by atoms with Gasteiger partial charge in [0.15, 0.2) is 11.6 Å². The van der Waals surface area contributed by atoms with E-state index >= 15 is 0 Å². The summed E-state index contributed by atoms with van der Waals surface area (Å²) in [6, 6.07) is 2.84. The number of hydrogen-bond acceptors (Lipinski definition) is 4. The van der Waals surface area contributed by atoms with Crippen LogP contribution in [0.1, 0.15) is 24.1 Å². The lowest BCUT2D eigenvalue weighted by Crippen LogP contribution is -2.31. The summed E-state index contributed by atoms with van der Waals surface area (Å²) in [4.78, 5) is 6.28.